The molecule has 0 bridgehead atoms. The molecule has 0 unspecified atom stereocenters. The fourth-order valence-electron chi connectivity index (χ4n) is 0.702. The Labute approximate surface area is 88.8 Å². The maximum Gasteiger partial charge on any atom is 0.323 e. The number of benzene rings is 1. The van der Waals surface area contributed by atoms with E-state index in [1.807, 2.05) is 18.2 Å². The van der Waals surface area contributed by atoms with E-state index in [4.69, 9.17) is 18.6 Å². The molecule has 1 aromatic heterocycles. The van der Waals surface area contributed by atoms with Crippen LogP contribution in [0.2, 0.25) is 0 Å². The second-order valence-corrected chi connectivity index (χ2v) is 4.74. The van der Waals surface area contributed by atoms with Crippen LogP contribution in [0, 0.1) is 10.2 Å². The van der Waals surface area contributed by atoms with Gasteiger partial charge in [0.05, 0.1) is 0 Å². The largest absolute Gasteiger partial charge is 0.323 e. The Bertz CT molecular complexity index is 366. The Kier molecular flexibility index (Phi) is 4.08. The molecule has 0 aliphatic rings. The van der Waals surface area contributed by atoms with Crippen LogP contribution in [0.1, 0.15) is 0 Å². The summed E-state index contributed by atoms with van der Waals surface area (Å²) < 4.78 is 39.4. The minimum absolute atomic E-state index is 1.12. The third kappa shape index (κ3) is 4.72. The van der Waals surface area contributed by atoms with Gasteiger partial charge in [0.25, 0.3) is 15.2 Å². The molecule has 0 amide bonds. The molecule has 1 aromatic carbocycles. The van der Waals surface area contributed by atoms with Gasteiger partial charge in [0.1, 0.15) is 5.52 Å². The van der Waals surface area contributed by atoms with Crippen LogP contribution in [0.15, 0.2) is 24.3 Å². The van der Waals surface area contributed by atoms with Crippen molar-refractivity contribution in [2.24, 2.45) is 0 Å². The highest BCUT2D eigenvalue weighted by molar-refractivity contribution is 7.69. The number of hydrogen-bond donors (Lipinski definition) is 0. The van der Waals surface area contributed by atoms with Gasteiger partial charge in [0, 0.05) is 6.07 Å². The average Bonchev–Trinajstić information content (AvgIpc) is 2.47. The first kappa shape index (κ1) is 11.7. The molecule has 0 saturated carbocycles. The van der Waals surface area contributed by atoms with Crippen molar-refractivity contribution in [3.8, 4) is 0 Å². The molecule has 0 spiro atoms. The van der Waals surface area contributed by atoms with Crippen LogP contribution < -0.4 is 18.6 Å². The van der Waals surface area contributed by atoms with Gasteiger partial charge in [-0.1, -0.05) is 12.1 Å². The van der Waals surface area contributed by atoms with Gasteiger partial charge in [0.2, 0.25) is 0 Å². The third-order valence-corrected chi connectivity index (χ3v) is 2.98. The van der Waals surface area contributed by atoms with Gasteiger partial charge in [-0.25, -0.2) is 18.6 Å². The standard InChI is InChI=1S/C6H4NS2.ClHO4/c1-2-4-6-5(3-1)7-9-8-6;2-1(3,4)5/h1-4H;(H,2,3,4,5)/q+1;/p-1. The van der Waals surface area contributed by atoms with Crippen LogP contribution in [0.25, 0.3) is 10.2 Å². The molecule has 2 rings (SSSR count). The van der Waals surface area contributed by atoms with Gasteiger partial charge >= 0.3 is 10.3 Å². The number of nitrogens with zero attached hydrogens (tertiary/aromatic N) is 1. The summed E-state index contributed by atoms with van der Waals surface area (Å²) >= 11 is 0. The predicted octanol–water partition coefficient (Wildman–Crippen LogP) is -2.12. The monoisotopic (exact) mass is 253 g/mol. The van der Waals surface area contributed by atoms with E-state index in [1.165, 1.54) is 4.70 Å². The van der Waals surface area contributed by atoms with Gasteiger partial charge in [-0.05, 0) is 6.07 Å². The Balaban J connectivity index is 0.000000171. The van der Waals surface area contributed by atoms with E-state index in [-0.39, 0.29) is 0 Å². The smallest absolute Gasteiger partial charge is 0.222 e. The number of halogens is 1. The minimum Gasteiger partial charge on any atom is -0.222 e. The molecule has 2 aromatic rings. The molecule has 1 heterocycles. The Hall–Kier alpha value is -0.410. The summed E-state index contributed by atoms with van der Waals surface area (Å²) in [5, 5.41) is 0. The van der Waals surface area contributed by atoms with Gasteiger partial charge < -0.3 is 0 Å². The van der Waals surface area contributed by atoms with Crippen LogP contribution in [-0.4, -0.2) is 4.37 Å². The van der Waals surface area contributed by atoms with Crippen LogP contribution in [0.5, 0.6) is 0 Å². The van der Waals surface area contributed by atoms with Crippen molar-refractivity contribution in [3.05, 3.63) is 24.3 Å². The summed E-state index contributed by atoms with van der Waals surface area (Å²) in [7, 11) is -1.68. The van der Waals surface area contributed by atoms with E-state index in [2.05, 4.69) is 10.4 Å². The van der Waals surface area contributed by atoms with Crippen LogP contribution in [0.4, 0.5) is 0 Å². The highest BCUT2D eigenvalue weighted by Crippen LogP contribution is 2.19. The van der Waals surface area contributed by atoms with Crippen molar-refractivity contribution in [1.82, 2.24) is 4.37 Å². The highest BCUT2D eigenvalue weighted by Gasteiger charge is 2.05. The van der Waals surface area contributed by atoms with Gasteiger partial charge in [-0.15, -0.1) is 14.6 Å². The molecule has 0 atom stereocenters. The van der Waals surface area contributed by atoms with Crippen molar-refractivity contribution in [2.75, 3.05) is 0 Å². The summed E-state index contributed by atoms with van der Waals surface area (Å²) in [4.78, 5) is 0. The van der Waals surface area contributed by atoms with E-state index >= 15 is 0 Å². The van der Waals surface area contributed by atoms with E-state index < -0.39 is 10.2 Å². The number of rotatable bonds is 0. The molecule has 0 radical (unpaired) electrons. The average molecular weight is 254 g/mol. The highest BCUT2D eigenvalue weighted by atomic mass is 35.7. The van der Waals surface area contributed by atoms with Crippen molar-refractivity contribution < 1.29 is 28.9 Å². The topological polar surface area (TPSA) is 105 Å². The van der Waals surface area contributed by atoms with E-state index in [1.54, 1.807) is 20.9 Å². The molecule has 76 valence electrons. The molecule has 14 heavy (non-hydrogen) atoms. The molecule has 0 aliphatic carbocycles. The molecule has 8 heteroatoms. The van der Waals surface area contributed by atoms with Crippen molar-refractivity contribution in [3.63, 3.8) is 0 Å². The zero-order valence-corrected chi connectivity index (χ0v) is 8.97. The third-order valence-electron chi connectivity index (χ3n) is 1.13. The van der Waals surface area contributed by atoms with Gasteiger partial charge in [-0.3, -0.25) is 0 Å². The maximum atomic E-state index is 8.49. The zero-order chi connectivity index (χ0) is 10.6. The van der Waals surface area contributed by atoms with E-state index in [9.17, 15) is 0 Å². The lowest BCUT2D eigenvalue weighted by atomic mass is 10.3. The molecule has 0 aliphatic heterocycles. The Morgan fingerprint density at radius 2 is 1.71 bits per heavy atom. The molecule has 5 nitrogen and oxygen atoms in total. The van der Waals surface area contributed by atoms with Crippen LogP contribution in [0.3, 0.4) is 0 Å². The van der Waals surface area contributed by atoms with E-state index in [0.29, 0.717) is 0 Å². The Morgan fingerprint density at radius 1 is 1.14 bits per heavy atom. The SMILES string of the molecule is [O-][Cl+3]([O-])([O-])[O-].c1ccc2[s+]snc2c1. The molecule has 0 N–H and O–H groups in total. The molecular weight excluding hydrogens is 250 g/mol. The minimum atomic E-state index is -4.94. The Morgan fingerprint density at radius 3 is 2.29 bits per heavy atom. The predicted molar refractivity (Wildman–Crippen MR) is 41.9 cm³/mol. The first-order valence-corrected chi connectivity index (χ1v) is 6.56. The zero-order valence-electron chi connectivity index (χ0n) is 6.58. The normalized spacial score (nSPS) is 10.9. The first-order chi connectivity index (χ1) is 6.47. The van der Waals surface area contributed by atoms with Crippen LogP contribution in [-0.2, 0) is 0 Å². The lowest BCUT2D eigenvalue weighted by Crippen LogP contribution is -2.68. The van der Waals surface area contributed by atoms with Crippen molar-refractivity contribution in [1.29, 1.82) is 0 Å². The summed E-state index contributed by atoms with van der Waals surface area (Å²) in [6, 6.07) is 8.16. The molecule has 0 saturated heterocycles. The quantitative estimate of drug-likeness (QED) is 0.394. The maximum absolute atomic E-state index is 8.49. The summed E-state index contributed by atoms with van der Waals surface area (Å²) in [5.41, 5.74) is 1.12. The van der Waals surface area contributed by atoms with Crippen molar-refractivity contribution in [2.45, 2.75) is 0 Å². The fourth-order valence-corrected chi connectivity index (χ4v) is 2.47. The first-order valence-electron chi connectivity index (χ1n) is 3.22. The lowest BCUT2D eigenvalue weighted by Gasteiger charge is -2.17. The number of aromatic nitrogens is 1. The van der Waals surface area contributed by atoms with Gasteiger partial charge in [-0.2, -0.15) is 0 Å². The number of fused-ring (bicyclic) bond motifs is 1. The summed E-state index contributed by atoms with van der Waals surface area (Å²) in [6.45, 7) is 0. The van der Waals surface area contributed by atoms with Gasteiger partial charge in [0.15, 0.2) is 0 Å². The second kappa shape index (κ2) is 4.89. The fraction of sp³-hybridized carbons (Fsp3) is 0. The lowest BCUT2D eigenvalue weighted by molar-refractivity contribution is -2.00. The van der Waals surface area contributed by atoms with E-state index in [0.717, 1.165) is 5.52 Å². The van der Waals surface area contributed by atoms with Crippen molar-refractivity contribution >= 4 is 31.1 Å². The van der Waals surface area contributed by atoms with Crippen LogP contribution >= 0.6 is 20.9 Å². The number of hydrogen-bond acceptors (Lipinski definition) is 6. The summed E-state index contributed by atoms with van der Waals surface area (Å²) in [5.74, 6) is 0. The molecular formula is C6H4ClNO4S2. The summed E-state index contributed by atoms with van der Waals surface area (Å²) in [6.07, 6.45) is 0. The second-order valence-electron chi connectivity index (χ2n) is 2.09. The molecule has 0 fully saturated rings.